The molecule has 5 nitrogen and oxygen atoms in total. The van der Waals surface area contributed by atoms with Gasteiger partial charge in [-0.15, -0.1) is 0 Å². The van der Waals surface area contributed by atoms with Gasteiger partial charge in [0.05, 0.1) is 5.69 Å². The number of nitrogens with zero attached hydrogens (tertiary/aromatic N) is 1. The minimum atomic E-state index is -0.717. The minimum Gasteiger partial charge on any atom is -0.365 e. The van der Waals surface area contributed by atoms with Crippen LogP contribution in [0.1, 0.15) is 28.0 Å². The molecule has 0 saturated carbocycles. The topological polar surface area (TPSA) is 88.8 Å². The number of H-pyrrole nitrogens is 1. The summed E-state index contributed by atoms with van der Waals surface area (Å²) in [6.07, 6.45) is 4.33. The Labute approximate surface area is 109 Å². The zero-order valence-corrected chi connectivity index (χ0v) is 10.3. The molecule has 1 aliphatic carbocycles. The smallest absolute Gasteiger partial charge is 0.261 e. The van der Waals surface area contributed by atoms with Crippen molar-refractivity contribution in [3.05, 3.63) is 51.6 Å². The van der Waals surface area contributed by atoms with Gasteiger partial charge >= 0.3 is 0 Å². The number of carbonyl (C=O) groups excluding carboxylic acids is 1. The number of amides is 1. The zero-order valence-electron chi connectivity index (χ0n) is 10.3. The van der Waals surface area contributed by atoms with Crippen molar-refractivity contribution in [3.8, 4) is 11.3 Å². The van der Waals surface area contributed by atoms with E-state index in [0.29, 0.717) is 0 Å². The molecule has 2 aromatic rings. The molecule has 2 heterocycles. The number of pyridine rings is 2. The Hall–Kier alpha value is -2.43. The summed E-state index contributed by atoms with van der Waals surface area (Å²) in [7, 11) is 0. The van der Waals surface area contributed by atoms with Crippen LogP contribution in [0.3, 0.4) is 0 Å². The summed E-state index contributed by atoms with van der Waals surface area (Å²) in [6.45, 7) is 0. The van der Waals surface area contributed by atoms with Crippen LogP contribution in [-0.4, -0.2) is 15.9 Å². The fourth-order valence-electron chi connectivity index (χ4n) is 2.50. The van der Waals surface area contributed by atoms with Crippen LogP contribution >= 0.6 is 0 Å². The number of hydrogen-bond acceptors (Lipinski definition) is 3. The van der Waals surface area contributed by atoms with Gasteiger partial charge in [0.1, 0.15) is 5.56 Å². The lowest BCUT2D eigenvalue weighted by Crippen LogP contribution is -2.24. The predicted molar refractivity (Wildman–Crippen MR) is 70.8 cm³/mol. The van der Waals surface area contributed by atoms with E-state index >= 15 is 0 Å². The van der Waals surface area contributed by atoms with E-state index in [1.54, 1.807) is 12.3 Å². The number of aryl methyl sites for hydroxylation is 2. The second-order valence-electron chi connectivity index (χ2n) is 4.63. The van der Waals surface area contributed by atoms with Gasteiger partial charge in [0.15, 0.2) is 0 Å². The van der Waals surface area contributed by atoms with E-state index in [9.17, 15) is 9.59 Å². The third-order valence-electron chi connectivity index (χ3n) is 3.41. The van der Waals surface area contributed by atoms with Crippen LogP contribution in [-0.2, 0) is 12.8 Å². The molecule has 0 bridgehead atoms. The molecule has 3 rings (SSSR count). The fourth-order valence-corrected chi connectivity index (χ4v) is 2.50. The molecule has 0 fully saturated rings. The number of rotatable bonds is 1. The van der Waals surface area contributed by atoms with E-state index in [1.807, 2.05) is 12.1 Å². The lowest BCUT2D eigenvalue weighted by Gasteiger charge is -2.08. The number of hydrogen-bond donors (Lipinski definition) is 2. The number of fused-ring (bicyclic) bond motifs is 3. The summed E-state index contributed by atoms with van der Waals surface area (Å²) in [4.78, 5) is 30.2. The van der Waals surface area contributed by atoms with Crippen LogP contribution in [0.2, 0.25) is 0 Å². The quantitative estimate of drug-likeness (QED) is 0.797. The van der Waals surface area contributed by atoms with E-state index in [2.05, 4.69) is 9.97 Å². The van der Waals surface area contributed by atoms with Gasteiger partial charge < -0.3 is 10.7 Å². The molecule has 0 saturated heterocycles. The molecule has 0 unspecified atom stereocenters. The number of carbonyl (C=O) groups is 1. The van der Waals surface area contributed by atoms with E-state index < -0.39 is 11.5 Å². The number of aromatic amines is 1. The molecular formula is C14H13N3O2. The minimum absolute atomic E-state index is 0.0164. The first-order chi connectivity index (χ1) is 9.16. The van der Waals surface area contributed by atoms with Crippen LogP contribution in [0.25, 0.3) is 11.3 Å². The first kappa shape index (κ1) is 11.6. The lowest BCUT2D eigenvalue weighted by molar-refractivity contribution is 0.0999. The lowest BCUT2D eigenvalue weighted by atomic mass is 10.0. The monoisotopic (exact) mass is 255 g/mol. The van der Waals surface area contributed by atoms with Gasteiger partial charge in [-0.05, 0) is 37.0 Å². The van der Waals surface area contributed by atoms with E-state index in [0.717, 1.165) is 41.8 Å². The Morgan fingerprint density at radius 1 is 1.37 bits per heavy atom. The van der Waals surface area contributed by atoms with E-state index in [1.165, 1.54) is 0 Å². The molecule has 0 aliphatic heterocycles. The van der Waals surface area contributed by atoms with Gasteiger partial charge in [0, 0.05) is 17.5 Å². The number of primary amides is 1. The molecule has 1 amide bonds. The van der Waals surface area contributed by atoms with Crippen molar-refractivity contribution in [1.82, 2.24) is 9.97 Å². The van der Waals surface area contributed by atoms with Gasteiger partial charge in [-0.3, -0.25) is 14.6 Å². The van der Waals surface area contributed by atoms with Crippen molar-refractivity contribution >= 4 is 5.91 Å². The maximum Gasteiger partial charge on any atom is 0.261 e. The second kappa shape index (κ2) is 4.35. The molecule has 19 heavy (non-hydrogen) atoms. The average Bonchev–Trinajstić information content (AvgIpc) is 2.56. The van der Waals surface area contributed by atoms with Crippen LogP contribution in [0.5, 0.6) is 0 Å². The Bertz CT molecular complexity index is 719. The van der Waals surface area contributed by atoms with Crippen molar-refractivity contribution in [3.63, 3.8) is 0 Å². The largest absolute Gasteiger partial charge is 0.365 e. The average molecular weight is 255 g/mol. The highest BCUT2D eigenvalue weighted by atomic mass is 16.2. The zero-order chi connectivity index (χ0) is 13.4. The van der Waals surface area contributed by atoms with Crippen molar-refractivity contribution in [1.29, 1.82) is 0 Å². The van der Waals surface area contributed by atoms with Crippen molar-refractivity contribution in [2.24, 2.45) is 5.73 Å². The van der Waals surface area contributed by atoms with Gasteiger partial charge in [-0.25, -0.2) is 0 Å². The Morgan fingerprint density at radius 3 is 3.00 bits per heavy atom. The highest BCUT2D eigenvalue weighted by Gasteiger charge is 2.19. The summed E-state index contributed by atoms with van der Waals surface area (Å²) >= 11 is 0. The maximum atomic E-state index is 11.8. The Balaban J connectivity index is 2.31. The molecule has 0 atom stereocenters. The predicted octanol–water partition coefficient (Wildman–Crippen LogP) is 1.02. The standard InChI is InChI=1S/C14H13N3O2/c15-13(18)10-7-9-11(17-14(10)19)5-1-3-8-4-2-6-16-12(8)9/h2,4,6-7H,1,3,5H2,(H2,15,18)(H,17,19). The summed E-state index contributed by atoms with van der Waals surface area (Å²) in [5.41, 5.74) is 8.37. The van der Waals surface area contributed by atoms with Crippen LogP contribution in [0.15, 0.2) is 29.2 Å². The summed E-state index contributed by atoms with van der Waals surface area (Å²) < 4.78 is 0. The third kappa shape index (κ3) is 1.93. The highest BCUT2D eigenvalue weighted by Crippen LogP contribution is 2.29. The van der Waals surface area contributed by atoms with Crippen LogP contribution < -0.4 is 11.3 Å². The number of nitrogens with one attached hydrogen (secondary N) is 1. The SMILES string of the molecule is NC(=O)c1cc2c([nH]c1=O)CCCc1cccnc1-2. The molecule has 0 aromatic carbocycles. The fraction of sp³-hybridized carbons (Fsp3) is 0.214. The first-order valence-corrected chi connectivity index (χ1v) is 6.17. The molecule has 1 aliphatic rings. The summed E-state index contributed by atoms with van der Waals surface area (Å²) in [5.74, 6) is -0.717. The Morgan fingerprint density at radius 2 is 2.21 bits per heavy atom. The molecule has 0 spiro atoms. The normalized spacial score (nSPS) is 13.3. The molecule has 3 N–H and O–H groups in total. The van der Waals surface area contributed by atoms with E-state index in [-0.39, 0.29) is 5.56 Å². The van der Waals surface area contributed by atoms with Crippen molar-refractivity contribution in [2.75, 3.05) is 0 Å². The van der Waals surface area contributed by atoms with Gasteiger partial charge in [-0.2, -0.15) is 0 Å². The first-order valence-electron chi connectivity index (χ1n) is 6.17. The maximum absolute atomic E-state index is 11.8. The molecule has 5 heteroatoms. The molecule has 2 aromatic heterocycles. The van der Waals surface area contributed by atoms with Crippen LogP contribution in [0, 0.1) is 0 Å². The third-order valence-corrected chi connectivity index (χ3v) is 3.41. The number of nitrogens with two attached hydrogens (primary N) is 1. The Kier molecular flexibility index (Phi) is 2.67. The molecule has 0 radical (unpaired) electrons. The van der Waals surface area contributed by atoms with E-state index in [4.69, 9.17) is 5.73 Å². The van der Waals surface area contributed by atoms with Crippen molar-refractivity contribution < 1.29 is 4.79 Å². The van der Waals surface area contributed by atoms with Gasteiger partial charge in [0.25, 0.3) is 11.5 Å². The number of aromatic nitrogens is 2. The highest BCUT2D eigenvalue weighted by molar-refractivity contribution is 5.93. The van der Waals surface area contributed by atoms with Crippen molar-refractivity contribution in [2.45, 2.75) is 19.3 Å². The van der Waals surface area contributed by atoms with Crippen LogP contribution in [0.4, 0.5) is 0 Å². The summed E-state index contributed by atoms with van der Waals surface area (Å²) in [5, 5.41) is 0. The molecule has 96 valence electrons. The second-order valence-corrected chi connectivity index (χ2v) is 4.63. The van der Waals surface area contributed by atoms with Gasteiger partial charge in [-0.1, -0.05) is 6.07 Å². The summed E-state index contributed by atoms with van der Waals surface area (Å²) in [6, 6.07) is 5.48. The van der Waals surface area contributed by atoms with Gasteiger partial charge in [0.2, 0.25) is 0 Å². The molecular weight excluding hydrogens is 242 g/mol.